The molecule has 1 N–H and O–H groups in total. The smallest absolute Gasteiger partial charge is 0.304 e. The van der Waals surface area contributed by atoms with Crippen LogP contribution < -0.4 is 18.9 Å². The minimum atomic E-state index is -3.20. The lowest BCUT2D eigenvalue weighted by Gasteiger charge is -2.17. The Morgan fingerprint density at radius 1 is 1.02 bits per heavy atom. The van der Waals surface area contributed by atoms with Crippen molar-refractivity contribution in [2.45, 2.75) is 37.7 Å². The summed E-state index contributed by atoms with van der Waals surface area (Å²) in [5.41, 5.74) is 1.49. The number of rotatable bonds is 11. The van der Waals surface area contributed by atoms with E-state index in [1.807, 2.05) is 0 Å². The molecular formula is C29H27F3O8S. The van der Waals surface area contributed by atoms with Crippen LogP contribution in [0.15, 0.2) is 42.5 Å². The van der Waals surface area contributed by atoms with E-state index in [9.17, 15) is 26.4 Å². The number of halogens is 3. The molecule has 1 aliphatic carbocycles. The normalized spacial score (nSPS) is 17.5. The molecule has 12 heteroatoms. The average Bonchev–Trinajstić information content (AvgIpc) is 3.50. The monoisotopic (exact) mass is 592 g/mol. The number of ether oxygens (including phenoxy) is 4. The molecule has 3 aromatic carbocycles. The van der Waals surface area contributed by atoms with E-state index in [2.05, 4.69) is 0 Å². The van der Waals surface area contributed by atoms with Crippen molar-refractivity contribution in [3.8, 4) is 28.7 Å². The summed E-state index contributed by atoms with van der Waals surface area (Å²) in [4.78, 5) is 11.1. The van der Waals surface area contributed by atoms with Gasteiger partial charge in [0, 0.05) is 47.1 Å². The molecule has 0 radical (unpaired) electrons. The van der Waals surface area contributed by atoms with Crippen molar-refractivity contribution in [1.29, 1.82) is 0 Å². The predicted octanol–water partition coefficient (Wildman–Crippen LogP) is 5.73. The van der Waals surface area contributed by atoms with Gasteiger partial charge in [0.15, 0.2) is 23.1 Å². The first-order valence-corrected chi connectivity index (χ1v) is 15.0. The highest BCUT2D eigenvalue weighted by Gasteiger charge is 2.32. The van der Waals surface area contributed by atoms with Gasteiger partial charge in [-0.05, 0) is 37.5 Å². The number of hydrogen-bond acceptors (Lipinski definition) is 7. The van der Waals surface area contributed by atoms with Crippen LogP contribution in [0.3, 0.4) is 0 Å². The van der Waals surface area contributed by atoms with E-state index < -0.39 is 45.1 Å². The summed E-state index contributed by atoms with van der Waals surface area (Å²) in [6, 6.07) is 9.23. The van der Waals surface area contributed by atoms with Crippen LogP contribution >= 0.6 is 0 Å². The number of aliphatic carboxylic acids is 1. The number of sulfone groups is 1. The van der Waals surface area contributed by atoms with E-state index in [1.165, 1.54) is 12.1 Å². The topological polar surface area (TPSA) is 108 Å². The molecule has 0 bridgehead atoms. The van der Waals surface area contributed by atoms with Crippen molar-refractivity contribution in [2.24, 2.45) is 0 Å². The molecule has 0 saturated carbocycles. The first-order chi connectivity index (χ1) is 19.5. The van der Waals surface area contributed by atoms with Gasteiger partial charge < -0.3 is 24.1 Å². The van der Waals surface area contributed by atoms with Crippen LogP contribution in [0.1, 0.15) is 48.0 Å². The van der Waals surface area contributed by atoms with Crippen molar-refractivity contribution in [3.63, 3.8) is 0 Å². The molecule has 0 amide bonds. The molecule has 41 heavy (non-hydrogen) atoms. The van der Waals surface area contributed by atoms with Crippen molar-refractivity contribution in [1.82, 2.24) is 0 Å². The van der Waals surface area contributed by atoms with Crippen molar-refractivity contribution < 1.29 is 50.4 Å². The van der Waals surface area contributed by atoms with Crippen LogP contribution in [0.25, 0.3) is 0 Å². The summed E-state index contributed by atoms with van der Waals surface area (Å²) in [7, 11) is -3.20. The Morgan fingerprint density at radius 2 is 1.78 bits per heavy atom. The fourth-order valence-corrected chi connectivity index (χ4v) is 5.69. The zero-order chi connectivity index (χ0) is 29.3. The van der Waals surface area contributed by atoms with E-state index in [-0.39, 0.29) is 54.8 Å². The maximum absolute atomic E-state index is 15.0. The van der Waals surface area contributed by atoms with E-state index in [0.717, 1.165) is 24.0 Å². The molecule has 218 valence electrons. The first-order valence-electron chi connectivity index (χ1n) is 12.9. The summed E-state index contributed by atoms with van der Waals surface area (Å²) in [5.74, 6) is -3.37. The largest absolute Gasteiger partial charge is 0.492 e. The van der Waals surface area contributed by atoms with E-state index >= 15 is 0 Å². The molecule has 0 spiro atoms. The van der Waals surface area contributed by atoms with E-state index in [0.29, 0.717) is 29.9 Å². The Kier molecular flexibility index (Phi) is 8.03. The lowest BCUT2D eigenvalue weighted by Crippen LogP contribution is -2.08. The fraction of sp³-hybridized carbons (Fsp3) is 0.345. The second kappa shape index (κ2) is 11.5. The van der Waals surface area contributed by atoms with Gasteiger partial charge in [-0.1, -0.05) is 6.07 Å². The Labute approximate surface area is 234 Å². The summed E-state index contributed by atoms with van der Waals surface area (Å²) in [6.07, 6.45) is 1.23. The summed E-state index contributed by atoms with van der Waals surface area (Å²) in [5, 5.41) is 9.09. The molecule has 3 aromatic rings. The maximum Gasteiger partial charge on any atom is 0.304 e. The summed E-state index contributed by atoms with van der Waals surface area (Å²) < 4.78 is 89.4. The zero-order valence-electron chi connectivity index (χ0n) is 22.0. The number of carboxylic acids is 1. The summed E-state index contributed by atoms with van der Waals surface area (Å²) in [6.45, 7) is 0.135. The van der Waals surface area contributed by atoms with Crippen LogP contribution in [0.5, 0.6) is 28.7 Å². The van der Waals surface area contributed by atoms with Gasteiger partial charge in [-0.3, -0.25) is 4.79 Å². The van der Waals surface area contributed by atoms with Gasteiger partial charge in [-0.2, -0.15) is 0 Å². The number of benzene rings is 3. The number of hydrogen-bond donors (Lipinski definition) is 1. The molecule has 0 fully saturated rings. The standard InChI is InChI=1S/C29H27F3O8S/c1-41(35,36)10-2-9-37-26-13-22(32)27(14-21(26)31)40-23-8-6-20(30)29-19(23)5-7-24(29)39-17-3-4-18-16(11-28(33)34)15-38-25(18)12-17/h3-4,6,8,12-14,16,24H,2,5,7,9-11,15H2,1H3,(H,33,34)/t16-,24-/m1/s1. The highest BCUT2D eigenvalue weighted by atomic mass is 32.2. The lowest BCUT2D eigenvalue weighted by atomic mass is 9.98. The van der Waals surface area contributed by atoms with Gasteiger partial charge in [-0.25, -0.2) is 21.6 Å². The molecule has 0 aromatic heterocycles. The first kappa shape index (κ1) is 28.6. The third-order valence-corrected chi connectivity index (χ3v) is 7.96. The molecule has 0 unspecified atom stereocenters. The second-order valence-electron chi connectivity index (χ2n) is 10.0. The van der Waals surface area contributed by atoms with Crippen LogP contribution in [0.2, 0.25) is 0 Å². The van der Waals surface area contributed by atoms with Crippen molar-refractivity contribution >= 4 is 15.8 Å². The average molecular weight is 593 g/mol. The molecule has 1 aliphatic heterocycles. The van der Waals surface area contributed by atoms with E-state index in [1.54, 1.807) is 18.2 Å². The van der Waals surface area contributed by atoms with Crippen LogP contribution in [-0.4, -0.2) is 44.7 Å². The molecule has 8 nitrogen and oxygen atoms in total. The fourth-order valence-electron chi connectivity index (χ4n) is 5.05. The van der Waals surface area contributed by atoms with Crippen LogP contribution in [0.4, 0.5) is 13.2 Å². The Balaban J connectivity index is 1.30. The number of fused-ring (bicyclic) bond motifs is 2. The second-order valence-corrected chi connectivity index (χ2v) is 12.3. The Hall–Kier alpha value is -3.93. The van der Waals surface area contributed by atoms with Gasteiger partial charge >= 0.3 is 5.97 Å². The van der Waals surface area contributed by atoms with Gasteiger partial charge in [0.05, 0.1) is 25.4 Å². The Bertz CT molecular complexity index is 1590. The van der Waals surface area contributed by atoms with Gasteiger partial charge in [0.2, 0.25) is 0 Å². The minimum Gasteiger partial charge on any atom is -0.492 e. The molecule has 1 heterocycles. The SMILES string of the molecule is CS(=O)(=O)CCCOc1cc(F)c(Oc2ccc(F)c3c2CC[C@H]3Oc2ccc3c(c2)OC[C@H]3CC(=O)O)cc1F. The molecule has 5 rings (SSSR count). The van der Waals surface area contributed by atoms with Crippen LogP contribution in [-0.2, 0) is 21.1 Å². The highest BCUT2D eigenvalue weighted by molar-refractivity contribution is 7.90. The number of carboxylic acid groups (broad SMARTS) is 1. The van der Waals surface area contributed by atoms with Crippen molar-refractivity contribution in [2.75, 3.05) is 25.2 Å². The minimum absolute atomic E-state index is 0.0528. The molecule has 2 atom stereocenters. The molecule has 0 saturated heterocycles. The van der Waals surface area contributed by atoms with Gasteiger partial charge in [0.25, 0.3) is 0 Å². The lowest BCUT2D eigenvalue weighted by molar-refractivity contribution is -0.137. The predicted molar refractivity (Wildman–Crippen MR) is 141 cm³/mol. The quantitative estimate of drug-likeness (QED) is 0.282. The molecular weight excluding hydrogens is 565 g/mol. The van der Waals surface area contributed by atoms with E-state index in [4.69, 9.17) is 24.1 Å². The Morgan fingerprint density at radius 3 is 2.54 bits per heavy atom. The maximum atomic E-state index is 15.0. The highest BCUT2D eigenvalue weighted by Crippen LogP contribution is 2.45. The molecule has 2 aliphatic rings. The van der Waals surface area contributed by atoms with Crippen LogP contribution in [0, 0.1) is 17.5 Å². The summed E-state index contributed by atoms with van der Waals surface area (Å²) >= 11 is 0. The third-order valence-electron chi connectivity index (χ3n) is 6.93. The van der Waals surface area contributed by atoms with Gasteiger partial charge in [-0.15, -0.1) is 0 Å². The third kappa shape index (κ3) is 6.53. The zero-order valence-corrected chi connectivity index (χ0v) is 22.8. The number of carbonyl (C=O) groups is 1. The van der Waals surface area contributed by atoms with Gasteiger partial charge in [0.1, 0.15) is 39.0 Å². The van der Waals surface area contributed by atoms with Crippen molar-refractivity contribution in [3.05, 3.63) is 76.6 Å².